The van der Waals surface area contributed by atoms with Crippen LogP contribution in [0.2, 0.25) is 5.02 Å². The molecule has 1 amide bonds. The Balaban J connectivity index is 2.15. The van der Waals surface area contributed by atoms with E-state index in [1.54, 1.807) is 17.0 Å². The molecule has 1 fully saturated rings. The number of amides is 1. The van der Waals surface area contributed by atoms with E-state index in [0.717, 1.165) is 0 Å². The Morgan fingerprint density at radius 3 is 2.55 bits per heavy atom. The molecule has 0 aliphatic carbocycles. The number of sulfonamides is 1. The zero-order valence-corrected chi connectivity index (χ0v) is 12.9. The van der Waals surface area contributed by atoms with E-state index in [4.69, 9.17) is 11.6 Å². The van der Waals surface area contributed by atoms with Crippen LogP contribution in [0.1, 0.15) is 20.3 Å². The van der Waals surface area contributed by atoms with Crippen molar-refractivity contribution in [2.24, 2.45) is 0 Å². The molecule has 20 heavy (non-hydrogen) atoms. The highest BCUT2D eigenvalue weighted by Gasteiger charge is 2.34. The first kappa shape index (κ1) is 15.3. The van der Waals surface area contributed by atoms with Crippen molar-refractivity contribution in [2.75, 3.05) is 6.54 Å². The molecule has 1 heterocycles. The van der Waals surface area contributed by atoms with Crippen LogP contribution in [0.4, 0.5) is 0 Å². The van der Waals surface area contributed by atoms with E-state index in [9.17, 15) is 13.2 Å². The van der Waals surface area contributed by atoms with Crippen LogP contribution in [0, 0.1) is 0 Å². The molecule has 5 nitrogen and oxygen atoms in total. The van der Waals surface area contributed by atoms with Gasteiger partial charge in [0.2, 0.25) is 15.9 Å². The highest BCUT2D eigenvalue weighted by Crippen LogP contribution is 2.22. The van der Waals surface area contributed by atoms with Crippen LogP contribution in [0.5, 0.6) is 0 Å². The lowest BCUT2D eigenvalue weighted by molar-refractivity contribution is -0.129. The molecule has 7 heteroatoms. The summed E-state index contributed by atoms with van der Waals surface area (Å²) in [4.78, 5) is 13.5. The van der Waals surface area contributed by atoms with E-state index in [-0.39, 0.29) is 28.3 Å². The maximum Gasteiger partial charge on any atom is 0.242 e. The second-order valence-electron chi connectivity index (χ2n) is 5.09. The highest BCUT2D eigenvalue weighted by molar-refractivity contribution is 7.89. The SMILES string of the molecule is CC(C)N1CC(NS(=O)(=O)c2ccccc2Cl)CC1=O. The van der Waals surface area contributed by atoms with Gasteiger partial charge in [0, 0.05) is 25.0 Å². The molecule has 0 saturated carbocycles. The quantitative estimate of drug-likeness (QED) is 0.918. The molecule has 1 aromatic rings. The Morgan fingerprint density at radius 1 is 1.35 bits per heavy atom. The molecule has 0 bridgehead atoms. The number of nitrogens with zero attached hydrogens (tertiary/aromatic N) is 1. The number of nitrogens with one attached hydrogen (secondary N) is 1. The number of rotatable bonds is 4. The maximum absolute atomic E-state index is 12.3. The summed E-state index contributed by atoms with van der Waals surface area (Å²) >= 11 is 5.91. The Bertz CT molecular complexity index is 616. The summed E-state index contributed by atoms with van der Waals surface area (Å²) in [6, 6.07) is 5.91. The second-order valence-corrected chi connectivity index (χ2v) is 7.18. The predicted octanol–water partition coefficient (Wildman–Crippen LogP) is 1.63. The molecule has 1 aliphatic heterocycles. The van der Waals surface area contributed by atoms with Gasteiger partial charge < -0.3 is 4.90 Å². The number of carbonyl (C=O) groups is 1. The summed E-state index contributed by atoms with van der Waals surface area (Å²) in [5.74, 6) is -0.0353. The minimum Gasteiger partial charge on any atom is -0.339 e. The topological polar surface area (TPSA) is 66.5 Å². The van der Waals surface area contributed by atoms with E-state index in [1.165, 1.54) is 12.1 Å². The minimum absolute atomic E-state index is 0.0353. The van der Waals surface area contributed by atoms with Crippen molar-refractivity contribution in [2.45, 2.75) is 37.2 Å². The molecular formula is C13H17ClN2O3S. The number of hydrogen-bond acceptors (Lipinski definition) is 3. The summed E-state index contributed by atoms with van der Waals surface area (Å²) in [5, 5.41) is 0.171. The van der Waals surface area contributed by atoms with E-state index < -0.39 is 16.1 Å². The first-order chi connectivity index (χ1) is 9.31. The van der Waals surface area contributed by atoms with Gasteiger partial charge in [0.25, 0.3) is 0 Å². The van der Waals surface area contributed by atoms with Crippen LogP contribution in [-0.4, -0.2) is 37.9 Å². The fourth-order valence-electron chi connectivity index (χ4n) is 2.26. The number of likely N-dealkylation sites (tertiary alicyclic amines) is 1. The summed E-state index contributed by atoms with van der Waals surface area (Å²) in [6.07, 6.45) is 0.182. The fourth-order valence-corrected chi connectivity index (χ4v) is 4.00. The number of carbonyl (C=O) groups excluding carboxylic acids is 1. The Morgan fingerprint density at radius 2 is 2.00 bits per heavy atom. The van der Waals surface area contributed by atoms with Crippen molar-refractivity contribution in [3.8, 4) is 0 Å². The molecule has 1 aromatic carbocycles. The van der Waals surface area contributed by atoms with Gasteiger partial charge >= 0.3 is 0 Å². The lowest BCUT2D eigenvalue weighted by Gasteiger charge is -2.21. The van der Waals surface area contributed by atoms with Crippen LogP contribution < -0.4 is 4.72 Å². The maximum atomic E-state index is 12.3. The molecule has 110 valence electrons. The van der Waals surface area contributed by atoms with Crippen LogP contribution in [0.3, 0.4) is 0 Å². The predicted molar refractivity (Wildman–Crippen MR) is 77.0 cm³/mol. The van der Waals surface area contributed by atoms with Crippen molar-refractivity contribution in [3.05, 3.63) is 29.3 Å². The number of halogens is 1. The number of benzene rings is 1. The molecule has 1 saturated heterocycles. The van der Waals surface area contributed by atoms with Gasteiger partial charge in [-0.2, -0.15) is 0 Å². The average Bonchev–Trinajstić information content (AvgIpc) is 2.69. The van der Waals surface area contributed by atoms with Crippen LogP contribution in [0.25, 0.3) is 0 Å². The molecule has 1 atom stereocenters. The highest BCUT2D eigenvalue weighted by atomic mass is 35.5. The van der Waals surface area contributed by atoms with E-state index in [0.29, 0.717) is 6.54 Å². The zero-order chi connectivity index (χ0) is 14.9. The van der Waals surface area contributed by atoms with Gasteiger partial charge in [0.05, 0.1) is 5.02 Å². The van der Waals surface area contributed by atoms with Crippen LogP contribution in [-0.2, 0) is 14.8 Å². The lowest BCUT2D eigenvalue weighted by atomic mass is 10.3. The van der Waals surface area contributed by atoms with Gasteiger partial charge in [0.15, 0.2) is 0 Å². The molecule has 2 rings (SSSR count). The smallest absolute Gasteiger partial charge is 0.242 e. The van der Waals surface area contributed by atoms with E-state index >= 15 is 0 Å². The molecule has 1 aliphatic rings. The van der Waals surface area contributed by atoms with Crippen molar-refractivity contribution in [3.63, 3.8) is 0 Å². The molecule has 0 spiro atoms. The van der Waals surface area contributed by atoms with Crippen molar-refractivity contribution >= 4 is 27.5 Å². The molecule has 0 radical (unpaired) electrons. The van der Waals surface area contributed by atoms with Crippen LogP contribution >= 0.6 is 11.6 Å². The van der Waals surface area contributed by atoms with E-state index in [2.05, 4.69) is 4.72 Å². The summed E-state index contributed by atoms with van der Waals surface area (Å²) in [6.45, 7) is 4.20. The van der Waals surface area contributed by atoms with Crippen molar-refractivity contribution in [1.29, 1.82) is 0 Å². The van der Waals surface area contributed by atoms with Gasteiger partial charge in [-0.05, 0) is 26.0 Å². The molecule has 0 aromatic heterocycles. The largest absolute Gasteiger partial charge is 0.339 e. The summed E-state index contributed by atoms with van der Waals surface area (Å²) in [7, 11) is -3.71. The normalized spacial score (nSPS) is 19.9. The monoisotopic (exact) mass is 316 g/mol. The fraction of sp³-hybridized carbons (Fsp3) is 0.462. The van der Waals surface area contributed by atoms with Gasteiger partial charge in [-0.1, -0.05) is 23.7 Å². The Kier molecular flexibility index (Phi) is 4.36. The Labute approximate surface area is 124 Å². The third-order valence-corrected chi connectivity index (χ3v) is 5.25. The Hall–Kier alpha value is -1.11. The standard InChI is InChI=1S/C13H17ClN2O3S/c1-9(2)16-8-10(7-13(16)17)15-20(18,19)12-6-4-3-5-11(12)14/h3-6,9-10,15H,7-8H2,1-2H3. The third kappa shape index (κ3) is 3.13. The van der Waals surface area contributed by atoms with Crippen molar-refractivity contribution < 1.29 is 13.2 Å². The molecule has 1 unspecified atom stereocenters. The van der Waals surface area contributed by atoms with Gasteiger partial charge in [0.1, 0.15) is 4.90 Å². The van der Waals surface area contributed by atoms with Crippen LogP contribution in [0.15, 0.2) is 29.2 Å². The molecule has 1 N–H and O–H groups in total. The second kappa shape index (κ2) is 5.71. The zero-order valence-electron chi connectivity index (χ0n) is 11.3. The van der Waals surface area contributed by atoms with Gasteiger partial charge in [-0.25, -0.2) is 13.1 Å². The first-order valence-corrected chi connectivity index (χ1v) is 8.23. The summed E-state index contributed by atoms with van der Waals surface area (Å²) in [5.41, 5.74) is 0. The first-order valence-electron chi connectivity index (χ1n) is 6.37. The molecular weight excluding hydrogens is 300 g/mol. The van der Waals surface area contributed by atoms with Gasteiger partial charge in [-0.15, -0.1) is 0 Å². The van der Waals surface area contributed by atoms with Gasteiger partial charge in [-0.3, -0.25) is 4.79 Å². The van der Waals surface area contributed by atoms with E-state index in [1.807, 2.05) is 13.8 Å². The lowest BCUT2D eigenvalue weighted by Crippen LogP contribution is -2.38. The number of hydrogen-bond donors (Lipinski definition) is 1. The minimum atomic E-state index is -3.71. The third-order valence-electron chi connectivity index (χ3n) is 3.23. The van der Waals surface area contributed by atoms with Crippen molar-refractivity contribution in [1.82, 2.24) is 9.62 Å². The summed E-state index contributed by atoms with van der Waals surface area (Å²) < 4.78 is 27.1. The average molecular weight is 317 g/mol.